The van der Waals surface area contributed by atoms with E-state index in [1.807, 2.05) is 18.3 Å². The molecule has 2 heterocycles. The molecule has 24 heavy (non-hydrogen) atoms. The molecule has 6 heteroatoms. The van der Waals surface area contributed by atoms with Gasteiger partial charge in [-0.1, -0.05) is 12.1 Å². The summed E-state index contributed by atoms with van der Waals surface area (Å²) in [4.78, 5) is 17.5. The van der Waals surface area contributed by atoms with Crippen molar-refractivity contribution in [3.05, 3.63) is 48.8 Å². The second-order valence-corrected chi connectivity index (χ2v) is 5.34. The molecule has 1 N–H and O–H groups in total. The van der Waals surface area contributed by atoms with Gasteiger partial charge < -0.3 is 19.1 Å². The van der Waals surface area contributed by atoms with Crippen LogP contribution in [0.5, 0.6) is 5.75 Å². The Labute approximate surface area is 139 Å². The average molecular weight is 325 g/mol. The molecule has 0 aliphatic heterocycles. The predicted octanol–water partition coefficient (Wildman–Crippen LogP) is 3.90. The maximum Gasteiger partial charge on any atom is 0.511 e. The number of carboxylic acid groups (broad SMARTS) is 1. The molecule has 0 aliphatic rings. The molecule has 6 nitrogen and oxygen atoms in total. The summed E-state index contributed by atoms with van der Waals surface area (Å²) in [6.07, 6.45) is 2.13. The summed E-state index contributed by atoms with van der Waals surface area (Å²) in [5.41, 5.74) is 3.75. The third kappa shape index (κ3) is 3.17. The molecule has 3 aromatic rings. The summed E-state index contributed by atoms with van der Waals surface area (Å²) in [6.45, 7) is 6.21. The van der Waals surface area contributed by atoms with Gasteiger partial charge in [0, 0.05) is 30.5 Å². The normalized spacial score (nSPS) is 10.8. The fourth-order valence-electron chi connectivity index (χ4n) is 2.70. The van der Waals surface area contributed by atoms with Crippen molar-refractivity contribution < 1.29 is 14.6 Å². The predicted molar refractivity (Wildman–Crippen MR) is 92.8 cm³/mol. The second kappa shape index (κ2) is 6.62. The summed E-state index contributed by atoms with van der Waals surface area (Å²) in [5, 5.41) is 8.68. The molecule has 3 rings (SSSR count). The number of hydrogen-bond acceptors (Lipinski definition) is 4. The van der Waals surface area contributed by atoms with Gasteiger partial charge in [-0.2, -0.15) is 0 Å². The number of nitrogens with zero attached hydrogens (tertiary/aromatic N) is 3. The van der Waals surface area contributed by atoms with Crippen molar-refractivity contribution in [2.45, 2.75) is 13.8 Å². The van der Waals surface area contributed by atoms with Gasteiger partial charge in [-0.3, -0.25) is 0 Å². The average Bonchev–Trinajstić information content (AvgIpc) is 2.99. The fourth-order valence-corrected chi connectivity index (χ4v) is 2.70. The van der Waals surface area contributed by atoms with Crippen LogP contribution in [-0.4, -0.2) is 33.7 Å². The third-order valence-corrected chi connectivity index (χ3v) is 3.92. The Morgan fingerprint density at radius 1 is 1.12 bits per heavy atom. The van der Waals surface area contributed by atoms with Crippen LogP contribution in [0.25, 0.3) is 16.9 Å². The van der Waals surface area contributed by atoms with E-state index in [2.05, 4.69) is 40.6 Å². The van der Waals surface area contributed by atoms with Crippen LogP contribution in [0.2, 0.25) is 0 Å². The molecule has 0 amide bonds. The highest BCUT2D eigenvalue weighted by Gasteiger charge is 2.08. The summed E-state index contributed by atoms with van der Waals surface area (Å²) in [6, 6.07) is 11.6. The Hall–Kier alpha value is -3.02. The van der Waals surface area contributed by atoms with Gasteiger partial charge in [-0.05, 0) is 38.1 Å². The van der Waals surface area contributed by atoms with Crippen molar-refractivity contribution in [1.82, 2.24) is 9.38 Å². The standard InChI is InChI=1S/C18H19N3O3/c1-3-20(4-2)14-7-5-13(6-8-14)16-12-21-11-15(24-18(22)23)9-10-17(21)19-16/h5-12H,3-4H2,1-2H3,(H,22,23). The fraction of sp³-hybridized carbons (Fsp3) is 0.222. The van der Waals surface area contributed by atoms with E-state index >= 15 is 0 Å². The van der Waals surface area contributed by atoms with Crippen LogP contribution in [0.1, 0.15) is 13.8 Å². The molecule has 0 spiro atoms. The maximum atomic E-state index is 10.6. The zero-order chi connectivity index (χ0) is 17.1. The van der Waals surface area contributed by atoms with E-state index < -0.39 is 6.16 Å². The number of aromatic nitrogens is 2. The Bertz CT molecular complexity index is 852. The minimum Gasteiger partial charge on any atom is -0.449 e. The van der Waals surface area contributed by atoms with E-state index in [0.29, 0.717) is 0 Å². The number of imidazole rings is 1. The number of benzene rings is 1. The van der Waals surface area contributed by atoms with Gasteiger partial charge >= 0.3 is 6.16 Å². The molecule has 0 aliphatic carbocycles. The van der Waals surface area contributed by atoms with Crippen molar-refractivity contribution in [2.24, 2.45) is 0 Å². The summed E-state index contributed by atoms with van der Waals surface area (Å²) in [5.74, 6) is 0.260. The summed E-state index contributed by atoms with van der Waals surface area (Å²) >= 11 is 0. The molecule has 1 aromatic carbocycles. The highest BCUT2D eigenvalue weighted by atomic mass is 16.7. The molecule has 2 aromatic heterocycles. The van der Waals surface area contributed by atoms with Gasteiger partial charge in [-0.15, -0.1) is 0 Å². The van der Waals surface area contributed by atoms with E-state index in [9.17, 15) is 4.79 Å². The molecule has 0 fully saturated rings. The largest absolute Gasteiger partial charge is 0.511 e. The molecule has 0 saturated heterocycles. The number of carbonyl (C=O) groups is 1. The molecular formula is C18H19N3O3. The molecule has 0 unspecified atom stereocenters. The second-order valence-electron chi connectivity index (χ2n) is 5.34. The highest BCUT2D eigenvalue weighted by molar-refractivity contribution is 5.66. The molecule has 0 radical (unpaired) electrons. The van der Waals surface area contributed by atoms with Crippen LogP contribution in [-0.2, 0) is 0 Å². The number of pyridine rings is 1. The van der Waals surface area contributed by atoms with Gasteiger partial charge in [0.2, 0.25) is 0 Å². The van der Waals surface area contributed by atoms with E-state index in [-0.39, 0.29) is 5.75 Å². The minimum absolute atomic E-state index is 0.260. The Kier molecular flexibility index (Phi) is 4.37. The Morgan fingerprint density at radius 2 is 1.83 bits per heavy atom. The van der Waals surface area contributed by atoms with Gasteiger partial charge in [0.1, 0.15) is 5.65 Å². The quantitative estimate of drug-likeness (QED) is 0.721. The first kappa shape index (κ1) is 15.9. The lowest BCUT2D eigenvalue weighted by atomic mass is 10.1. The smallest absolute Gasteiger partial charge is 0.449 e. The van der Waals surface area contributed by atoms with Crippen molar-refractivity contribution in [3.63, 3.8) is 0 Å². The van der Waals surface area contributed by atoms with E-state index in [1.54, 1.807) is 22.7 Å². The zero-order valence-electron chi connectivity index (χ0n) is 13.6. The van der Waals surface area contributed by atoms with Crippen molar-refractivity contribution in [2.75, 3.05) is 18.0 Å². The lowest BCUT2D eigenvalue weighted by Crippen LogP contribution is -2.21. The first-order valence-corrected chi connectivity index (χ1v) is 7.85. The van der Waals surface area contributed by atoms with Gasteiger partial charge in [0.05, 0.1) is 11.9 Å². The maximum absolute atomic E-state index is 10.6. The molecular weight excluding hydrogens is 306 g/mol. The van der Waals surface area contributed by atoms with Gasteiger partial charge in [-0.25, -0.2) is 9.78 Å². The van der Waals surface area contributed by atoms with Crippen LogP contribution >= 0.6 is 0 Å². The van der Waals surface area contributed by atoms with Crippen LogP contribution in [0, 0.1) is 0 Å². The first-order chi connectivity index (χ1) is 11.6. The third-order valence-electron chi connectivity index (χ3n) is 3.92. The lowest BCUT2D eigenvalue weighted by Gasteiger charge is -2.20. The van der Waals surface area contributed by atoms with E-state index in [0.717, 1.165) is 30.0 Å². The highest BCUT2D eigenvalue weighted by Crippen LogP contribution is 2.24. The van der Waals surface area contributed by atoms with Crippen molar-refractivity contribution in [3.8, 4) is 17.0 Å². The van der Waals surface area contributed by atoms with Crippen LogP contribution in [0.4, 0.5) is 10.5 Å². The number of hydrogen-bond donors (Lipinski definition) is 1. The van der Waals surface area contributed by atoms with Gasteiger partial charge in [0.25, 0.3) is 0 Å². The van der Waals surface area contributed by atoms with E-state index in [1.165, 1.54) is 5.69 Å². The topological polar surface area (TPSA) is 67.1 Å². The van der Waals surface area contributed by atoms with Crippen LogP contribution in [0.15, 0.2) is 48.8 Å². The molecule has 0 bridgehead atoms. The zero-order valence-corrected chi connectivity index (χ0v) is 13.6. The first-order valence-electron chi connectivity index (χ1n) is 7.85. The van der Waals surface area contributed by atoms with E-state index in [4.69, 9.17) is 5.11 Å². The lowest BCUT2D eigenvalue weighted by molar-refractivity contribution is 0.144. The monoisotopic (exact) mass is 325 g/mol. The van der Waals surface area contributed by atoms with Crippen molar-refractivity contribution in [1.29, 1.82) is 0 Å². The number of fused-ring (bicyclic) bond motifs is 1. The number of anilines is 1. The number of rotatable bonds is 5. The van der Waals surface area contributed by atoms with Crippen LogP contribution < -0.4 is 9.64 Å². The minimum atomic E-state index is -1.33. The van der Waals surface area contributed by atoms with Gasteiger partial charge in [0.15, 0.2) is 5.75 Å². The van der Waals surface area contributed by atoms with Crippen molar-refractivity contribution >= 4 is 17.5 Å². The molecule has 0 atom stereocenters. The summed E-state index contributed by atoms with van der Waals surface area (Å²) < 4.78 is 6.42. The molecule has 124 valence electrons. The summed E-state index contributed by atoms with van der Waals surface area (Å²) in [7, 11) is 0. The SMILES string of the molecule is CCN(CC)c1ccc(-c2cn3cc(OC(=O)O)ccc3n2)cc1. The van der Waals surface area contributed by atoms with Crippen LogP contribution in [0.3, 0.4) is 0 Å². The Balaban J connectivity index is 1.90. The number of ether oxygens (including phenoxy) is 1. The Morgan fingerprint density at radius 3 is 2.46 bits per heavy atom. The molecule has 0 saturated carbocycles.